The number of para-hydroxylation sites is 1. The molecule has 2 rings (SSSR count). The van der Waals surface area contributed by atoms with Gasteiger partial charge in [0.1, 0.15) is 11.6 Å². The number of benzene rings is 1. The minimum atomic E-state index is -0.214. The molecule has 0 saturated carbocycles. The van der Waals surface area contributed by atoms with Crippen LogP contribution in [0, 0.1) is 0 Å². The van der Waals surface area contributed by atoms with Crippen LogP contribution in [0.5, 0.6) is 5.75 Å². The van der Waals surface area contributed by atoms with E-state index in [4.69, 9.17) is 9.84 Å². The van der Waals surface area contributed by atoms with E-state index in [1.54, 1.807) is 7.11 Å². The number of ether oxygens (including phenoxy) is 1. The molecule has 0 aliphatic heterocycles. The van der Waals surface area contributed by atoms with E-state index in [2.05, 4.69) is 46.9 Å². The first kappa shape index (κ1) is 20.0. The molecule has 0 saturated heterocycles. The Labute approximate surface area is 156 Å². The van der Waals surface area contributed by atoms with Crippen molar-refractivity contribution in [1.29, 1.82) is 0 Å². The second-order valence-corrected chi connectivity index (χ2v) is 8.61. The van der Waals surface area contributed by atoms with Gasteiger partial charge in [-0.1, -0.05) is 39.0 Å². The van der Waals surface area contributed by atoms with Crippen LogP contribution in [0.15, 0.2) is 30.3 Å². The third kappa shape index (κ3) is 4.87. The number of carbonyl (C=O) groups excluding carboxylic acids is 1. The van der Waals surface area contributed by atoms with Gasteiger partial charge in [-0.3, -0.25) is 4.79 Å². The summed E-state index contributed by atoms with van der Waals surface area (Å²) < 4.78 is 7.25. The van der Waals surface area contributed by atoms with E-state index in [0.29, 0.717) is 12.8 Å². The third-order valence-electron chi connectivity index (χ3n) is 4.19. The average molecular weight is 357 g/mol. The predicted molar refractivity (Wildman–Crippen MR) is 106 cm³/mol. The van der Waals surface area contributed by atoms with E-state index in [0.717, 1.165) is 22.8 Å². The Morgan fingerprint density at radius 3 is 2.38 bits per heavy atom. The van der Waals surface area contributed by atoms with E-state index in [1.165, 1.54) is 0 Å². The Kier molecular flexibility index (Phi) is 5.79. The lowest BCUT2D eigenvalue weighted by atomic mass is 9.92. The molecule has 1 heterocycles. The predicted octanol–water partition coefficient (Wildman–Crippen LogP) is 4.52. The molecule has 0 bridgehead atoms. The number of hydrogen-bond acceptors (Lipinski definition) is 3. The number of nitrogens with one attached hydrogen (secondary N) is 1. The normalized spacial score (nSPS) is 12.1. The molecule has 1 aromatic carbocycles. The lowest BCUT2D eigenvalue weighted by molar-refractivity contribution is -0.116. The second-order valence-electron chi connectivity index (χ2n) is 8.61. The van der Waals surface area contributed by atoms with Gasteiger partial charge in [0.2, 0.25) is 5.91 Å². The number of aromatic nitrogens is 2. The van der Waals surface area contributed by atoms with Crippen LogP contribution in [-0.4, -0.2) is 22.8 Å². The van der Waals surface area contributed by atoms with Gasteiger partial charge in [0, 0.05) is 17.9 Å². The zero-order valence-electron chi connectivity index (χ0n) is 17.0. The Balaban J connectivity index is 2.14. The van der Waals surface area contributed by atoms with Crippen LogP contribution in [0.3, 0.4) is 0 Å². The summed E-state index contributed by atoms with van der Waals surface area (Å²) in [6.45, 7) is 12.6. The summed E-state index contributed by atoms with van der Waals surface area (Å²) in [4.78, 5) is 12.5. The Morgan fingerprint density at radius 1 is 1.15 bits per heavy atom. The van der Waals surface area contributed by atoms with Crippen LogP contribution in [0.4, 0.5) is 5.82 Å². The van der Waals surface area contributed by atoms with E-state index in [9.17, 15) is 4.79 Å². The van der Waals surface area contributed by atoms with Gasteiger partial charge >= 0.3 is 0 Å². The molecular formula is C21H31N3O2. The van der Waals surface area contributed by atoms with E-state index >= 15 is 0 Å². The molecule has 142 valence electrons. The average Bonchev–Trinajstić information content (AvgIpc) is 2.97. The van der Waals surface area contributed by atoms with Crippen molar-refractivity contribution in [2.45, 2.75) is 65.3 Å². The molecule has 1 N–H and O–H groups in total. The summed E-state index contributed by atoms with van der Waals surface area (Å²) in [5.41, 5.74) is 1.71. The molecule has 1 aromatic heterocycles. The molecule has 1 amide bonds. The molecule has 5 nitrogen and oxygen atoms in total. The maximum atomic E-state index is 12.5. The van der Waals surface area contributed by atoms with E-state index in [1.807, 2.05) is 35.0 Å². The number of aryl methyl sites for hydroxylation is 1. The zero-order chi connectivity index (χ0) is 19.5. The van der Waals surface area contributed by atoms with Crippen LogP contribution in [0.2, 0.25) is 0 Å². The number of anilines is 1. The highest BCUT2D eigenvalue weighted by molar-refractivity contribution is 5.90. The summed E-state index contributed by atoms with van der Waals surface area (Å²) in [6, 6.07) is 9.77. The number of rotatable bonds is 5. The first-order valence-electron chi connectivity index (χ1n) is 9.05. The lowest BCUT2D eigenvalue weighted by Crippen LogP contribution is -2.27. The summed E-state index contributed by atoms with van der Waals surface area (Å²) >= 11 is 0. The highest BCUT2D eigenvalue weighted by Crippen LogP contribution is 2.28. The van der Waals surface area contributed by atoms with Gasteiger partial charge in [0.05, 0.1) is 18.3 Å². The van der Waals surface area contributed by atoms with Crippen molar-refractivity contribution in [2.75, 3.05) is 12.4 Å². The molecule has 0 atom stereocenters. The van der Waals surface area contributed by atoms with Crippen molar-refractivity contribution in [1.82, 2.24) is 9.78 Å². The molecular weight excluding hydrogens is 326 g/mol. The second kappa shape index (κ2) is 7.52. The molecule has 0 aliphatic carbocycles. The maximum Gasteiger partial charge on any atom is 0.225 e. The summed E-state index contributed by atoms with van der Waals surface area (Å²) in [7, 11) is 1.65. The fourth-order valence-electron chi connectivity index (χ4n) is 2.71. The molecule has 26 heavy (non-hydrogen) atoms. The van der Waals surface area contributed by atoms with Crippen LogP contribution in [0.25, 0.3) is 0 Å². The number of nitrogens with zero attached hydrogens (tertiary/aromatic N) is 2. The molecule has 5 heteroatoms. The van der Waals surface area contributed by atoms with Crippen LogP contribution < -0.4 is 10.1 Å². The zero-order valence-corrected chi connectivity index (χ0v) is 17.0. The summed E-state index contributed by atoms with van der Waals surface area (Å²) in [6.07, 6.45) is 1.02. The van der Waals surface area contributed by atoms with Crippen molar-refractivity contribution < 1.29 is 9.53 Å². The van der Waals surface area contributed by atoms with Crippen LogP contribution in [-0.2, 0) is 22.2 Å². The lowest BCUT2D eigenvalue weighted by Gasteiger charge is -2.23. The van der Waals surface area contributed by atoms with E-state index < -0.39 is 0 Å². The molecule has 0 aliphatic rings. The minimum absolute atomic E-state index is 0.0261. The number of carbonyl (C=O) groups is 1. The SMILES string of the molecule is COc1ccccc1CCC(=O)Nc1cc(C(C)(C)C)nn1C(C)(C)C. The van der Waals surface area contributed by atoms with Gasteiger partial charge < -0.3 is 10.1 Å². The monoisotopic (exact) mass is 357 g/mol. The fraction of sp³-hybridized carbons (Fsp3) is 0.524. The largest absolute Gasteiger partial charge is 0.496 e. The summed E-state index contributed by atoms with van der Waals surface area (Å²) in [5.74, 6) is 1.53. The molecule has 0 fully saturated rings. The first-order chi connectivity index (χ1) is 12.0. The molecule has 0 spiro atoms. The highest BCUT2D eigenvalue weighted by Gasteiger charge is 2.25. The van der Waals surface area contributed by atoms with Crippen molar-refractivity contribution >= 4 is 11.7 Å². The molecule has 0 radical (unpaired) electrons. The Hall–Kier alpha value is -2.30. The van der Waals surface area contributed by atoms with Gasteiger partial charge in [-0.2, -0.15) is 5.10 Å². The van der Waals surface area contributed by atoms with Gasteiger partial charge in [-0.25, -0.2) is 4.68 Å². The topological polar surface area (TPSA) is 56.1 Å². The summed E-state index contributed by atoms with van der Waals surface area (Å²) in [5, 5.41) is 7.77. The van der Waals surface area contributed by atoms with Gasteiger partial charge in [-0.15, -0.1) is 0 Å². The quantitative estimate of drug-likeness (QED) is 0.856. The minimum Gasteiger partial charge on any atom is -0.496 e. The third-order valence-corrected chi connectivity index (χ3v) is 4.19. The van der Waals surface area contributed by atoms with Crippen molar-refractivity contribution in [3.8, 4) is 5.75 Å². The maximum absolute atomic E-state index is 12.5. The smallest absolute Gasteiger partial charge is 0.225 e. The number of hydrogen-bond donors (Lipinski definition) is 1. The van der Waals surface area contributed by atoms with Crippen LogP contribution in [0.1, 0.15) is 59.2 Å². The van der Waals surface area contributed by atoms with Gasteiger partial charge in [0.25, 0.3) is 0 Å². The van der Waals surface area contributed by atoms with Crippen molar-refractivity contribution in [2.24, 2.45) is 0 Å². The van der Waals surface area contributed by atoms with Gasteiger partial charge in [0.15, 0.2) is 0 Å². The van der Waals surface area contributed by atoms with Crippen LogP contribution >= 0.6 is 0 Å². The molecule has 0 unspecified atom stereocenters. The number of methoxy groups -OCH3 is 1. The van der Waals surface area contributed by atoms with E-state index in [-0.39, 0.29) is 16.9 Å². The Bertz CT molecular complexity index is 764. The fourth-order valence-corrected chi connectivity index (χ4v) is 2.71. The number of amides is 1. The molecule has 2 aromatic rings. The van der Waals surface area contributed by atoms with Crippen molar-refractivity contribution in [3.63, 3.8) is 0 Å². The Morgan fingerprint density at radius 2 is 1.81 bits per heavy atom. The first-order valence-corrected chi connectivity index (χ1v) is 9.05. The van der Waals surface area contributed by atoms with Crippen molar-refractivity contribution in [3.05, 3.63) is 41.6 Å². The highest BCUT2D eigenvalue weighted by atomic mass is 16.5. The van der Waals surface area contributed by atoms with Gasteiger partial charge in [-0.05, 0) is 38.8 Å². The standard InChI is InChI=1S/C21H31N3O2/c1-20(2,3)17-14-18(24(23-17)21(4,5)6)22-19(25)13-12-15-10-8-9-11-16(15)26-7/h8-11,14H,12-13H2,1-7H3,(H,22,25).